The minimum atomic E-state index is -1.12. The molecular weight excluding hydrogens is 879 g/mol. The fourth-order valence-corrected chi connectivity index (χ4v) is 8.35. The van der Waals surface area contributed by atoms with Gasteiger partial charge in [-0.25, -0.2) is 4.79 Å². The maximum absolute atomic E-state index is 14.2. The maximum atomic E-state index is 14.2. The Morgan fingerprint density at radius 2 is 0.681 bits per heavy atom. The van der Waals surface area contributed by atoms with E-state index in [0.717, 1.165) is 33.4 Å². The van der Waals surface area contributed by atoms with Crippen LogP contribution in [0.5, 0.6) is 0 Å². The highest BCUT2D eigenvalue weighted by atomic mass is 16.7. The number of carbonyl (C=O) groups is 1. The number of amides is 1. The normalized spacial score (nSPS) is 24.6. The van der Waals surface area contributed by atoms with Crippen LogP contribution in [-0.4, -0.2) is 88.5 Å². The molecule has 1 amide bonds. The van der Waals surface area contributed by atoms with Gasteiger partial charge in [-0.15, -0.1) is 0 Å². The van der Waals surface area contributed by atoms with Gasteiger partial charge in [0.2, 0.25) is 0 Å². The van der Waals surface area contributed by atoms with Gasteiger partial charge in [0, 0.05) is 14.2 Å². The molecule has 6 aromatic rings. The van der Waals surface area contributed by atoms with Crippen molar-refractivity contribution in [2.45, 2.75) is 101 Å². The first-order valence-corrected chi connectivity index (χ1v) is 23.3. The van der Waals surface area contributed by atoms with E-state index in [0.29, 0.717) is 0 Å². The minimum absolute atomic E-state index is 0.184. The summed E-state index contributed by atoms with van der Waals surface area (Å²) in [6.07, 6.45) is -9.44. The van der Waals surface area contributed by atoms with E-state index in [1.54, 1.807) is 7.11 Å². The molecule has 0 saturated carbocycles. The first kappa shape index (κ1) is 49.6. The number of carbonyl (C=O) groups excluding carboxylic acids is 1. The summed E-state index contributed by atoms with van der Waals surface area (Å²) in [6, 6.07) is 58.8. The second kappa shape index (κ2) is 26.2. The molecule has 2 aliphatic heterocycles. The number of nitrogens with one attached hydrogen (secondary N) is 1. The third kappa shape index (κ3) is 14.4. The molecule has 2 fully saturated rings. The van der Waals surface area contributed by atoms with Gasteiger partial charge in [-0.1, -0.05) is 182 Å². The van der Waals surface area contributed by atoms with Crippen molar-refractivity contribution in [1.82, 2.24) is 5.32 Å². The number of alkyl carbamates (subject to hydrolysis) is 1. The Morgan fingerprint density at radius 3 is 1.03 bits per heavy atom. The molecule has 0 radical (unpaired) electrons. The fraction of sp³-hybridized carbons (Fsp3) is 0.339. The minimum Gasteiger partial charge on any atom is -0.447 e. The van der Waals surface area contributed by atoms with Gasteiger partial charge >= 0.3 is 6.09 Å². The van der Waals surface area contributed by atoms with Gasteiger partial charge in [0.05, 0.1) is 39.6 Å². The molecule has 13 nitrogen and oxygen atoms in total. The monoisotopic (exact) mass is 939 g/mol. The van der Waals surface area contributed by atoms with Crippen LogP contribution in [0, 0.1) is 0 Å². The van der Waals surface area contributed by atoms with Crippen molar-refractivity contribution >= 4 is 6.09 Å². The Kier molecular flexibility index (Phi) is 18.9. The van der Waals surface area contributed by atoms with Crippen LogP contribution in [0.3, 0.4) is 0 Å². The van der Waals surface area contributed by atoms with E-state index in [2.05, 4.69) is 5.32 Å². The molecule has 2 aliphatic rings. The number of ether oxygens (including phenoxy) is 11. The number of hydrogen-bond acceptors (Lipinski definition) is 12. The summed E-state index contributed by atoms with van der Waals surface area (Å²) in [7, 11) is 3.07. The Bertz CT molecular complexity index is 2350. The Morgan fingerprint density at radius 1 is 0.391 bits per heavy atom. The van der Waals surface area contributed by atoms with Gasteiger partial charge in [-0.2, -0.15) is 0 Å². The quantitative estimate of drug-likeness (QED) is 0.0659. The highest BCUT2D eigenvalue weighted by molar-refractivity contribution is 5.67. The first-order chi connectivity index (χ1) is 34.0. The Labute approximate surface area is 404 Å². The lowest BCUT2D eigenvalue weighted by atomic mass is 9.98. The first-order valence-electron chi connectivity index (χ1n) is 23.3. The zero-order valence-corrected chi connectivity index (χ0v) is 38.9. The van der Waals surface area contributed by atoms with Crippen LogP contribution in [0.15, 0.2) is 182 Å². The summed E-state index contributed by atoms with van der Waals surface area (Å²) in [5.41, 5.74) is 5.66. The largest absolute Gasteiger partial charge is 0.447 e. The Hall–Kier alpha value is -5.81. The number of hydrogen-bond donors (Lipinski definition) is 1. The third-order valence-corrected chi connectivity index (χ3v) is 11.9. The highest BCUT2D eigenvalue weighted by Gasteiger charge is 2.51. The standard InChI is InChI=1S/C56H61NO12/c1-59-54-51(65-37-44-29-17-7-18-30-44)48(62-34-41-23-11-4-12-24-41)47(61-33-40-21-9-3-10-22-40)46(68-54)39-67-56(58)57-53-50(64-36-43-27-15-6-16-28-43)49(63-35-42-25-13-5-14-26-42)52(55(60-2)69-53)66-38-45-31-19-8-20-32-45/h3-32,46-55H,33-39H2,1-2H3,(H,57,58)/t46-,47-,48+,49+,50+,51-,52-,53+,54+,55+/m1/s1. The predicted octanol–water partition coefficient (Wildman–Crippen LogP) is 8.93. The van der Waals surface area contributed by atoms with E-state index in [1.165, 1.54) is 7.11 Å². The van der Waals surface area contributed by atoms with E-state index in [4.69, 9.17) is 52.1 Å². The molecule has 0 aliphatic carbocycles. The lowest BCUT2D eigenvalue weighted by molar-refractivity contribution is -0.323. The van der Waals surface area contributed by atoms with Crippen LogP contribution in [-0.2, 0) is 91.7 Å². The van der Waals surface area contributed by atoms with Crippen molar-refractivity contribution in [3.8, 4) is 0 Å². The zero-order valence-electron chi connectivity index (χ0n) is 38.9. The smallest absolute Gasteiger partial charge is 0.409 e. The number of methoxy groups -OCH3 is 2. The van der Waals surface area contributed by atoms with Gasteiger partial charge in [0.1, 0.15) is 49.3 Å². The van der Waals surface area contributed by atoms with E-state index in [1.807, 2.05) is 182 Å². The molecule has 10 atom stereocenters. The summed E-state index contributed by atoms with van der Waals surface area (Å²) in [6.45, 7) is 1.14. The third-order valence-electron chi connectivity index (χ3n) is 11.9. The van der Waals surface area contributed by atoms with Crippen molar-refractivity contribution in [2.24, 2.45) is 0 Å². The number of benzene rings is 6. The molecule has 2 heterocycles. The van der Waals surface area contributed by atoms with E-state index < -0.39 is 67.6 Å². The van der Waals surface area contributed by atoms with Crippen LogP contribution in [0.25, 0.3) is 0 Å². The number of rotatable bonds is 23. The van der Waals surface area contributed by atoms with Gasteiger partial charge in [-0.05, 0) is 33.4 Å². The van der Waals surface area contributed by atoms with Crippen molar-refractivity contribution in [1.29, 1.82) is 0 Å². The molecule has 8 rings (SSSR count). The lowest BCUT2D eigenvalue weighted by Gasteiger charge is -2.46. The van der Waals surface area contributed by atoms with Crippen LogP contribution in [0.1, 0.15) is 33.4 Å². The molecule has 362 valence electrons. The molecule has 0 aromatic heterocycles. The topological polar surface area (TPSA) is 131 Å². The average Bonchev–Trinajstić information content (AvgIpc) is 3.41. The maximum Gasteiger partial charge on any atom is 0.409 e. The van der Waals surface area contributed by atoms with Crippen molar-refractivity contribution in [3.05, 3.63) is 215 Å². The molecule has 0 spiro atoms. The second-order valence-electron chi connectivity index (χ2n) is 16.7. The molecular formula is C56H61NO12. The lowest BCUT2D eigenvalue weighted by Crippen LogP contribution is -2.65. The molecule has 0 unspecified atom stereocenters. The molecule has 2 saturated heterocycles. The summed E-state index contributed by atoms with van der Waals surface area (Å²) >= 11 is 0. The highest BCUT2D eigenvalue weighted by Crippen LogP contribution is 2.33. The summed E-state index contributed by atoms with van der Waals surface area (Å²) < 4.78 is 71.1. The zero-order chi connectivity index (χ0) is 47.5. The molecule has 13 heteroatoms. The van der Waals surface area contributed by atoms with E-state index in [9.17, 15) is 4.79 Å². The molecule has 69 heavy (non-hydrogen) atoms. The molecule has 1 N–H and O–H groups in total. The van der Waals surface area contributed by atoms with Crippen LogP contribution < -0.4 is 5.32 Å². The second-order valence-corrected chi connectivity index (χ2v) is 16.7. The summed E-state index contributed by atoms with van der Waals surface area (Å²) in [4.78, 5) is 14.2. The predicted molar refractivity (Wildman–Crippen MR) is 256 cm³/mol. The van der Waals surface area contributed by atoms with Crippen LogP contribution in [0.4, 0.5) is 4.79 Å². The fourth-order valence-electron chi connectivity index (χ4n) is 8.35. The van der Waals surface area contributed by atoms with Crippen LogP contribution in [0.2, 0.25) is 0 Å². The van der Waals surface area contributed by atoms with Crippen molar-refractivity contribution in [2.75, 3.05) is 20.8 Å². The van der Waals surface area contributed by atoms with Gasteiger partial charge in [0.15, 0.2) is 18.8 Å². The average molecular weight is 940 g/mol. The molecule has 6 aromatic carbocycles. The Balaban J connectivity index is 1.04. The van der Waals surface area contributed by atoms with E-state index in [-0.39, 0.29) is 46.2 Å². The van der Waals surface area contributed by atoms with Crippen LogP contribution >= 0.6 is 0 Å². The summed E-state index contributed by atoms with van der Waals surface area (Å²) in [5, 5.41) is 2.93. The van der Waals surface area contributed by atoms with Gasteiger partial charge in [-0.3, -0.25) is 5.32 Å². The van der Waals surface area contributed by atoms with E-state index >= 15 is 0 Å². The molecule has 0 bridgehead atoms. The van der Waals surface area contributed by atoms with Crippen molar-refractivity contribution < 1.29 is 56.9 Å². The van der Waals surface area contributed by atoms with Gasteiger partial charge < -0.3 is 52.1 Å². The summed E-state index contributed by atoms with van der Waals surface area (Å²) in [5.74, 6) is 0. The van der Waals surface area contributed by atoms with Crippen molar-refractivity contribution in [3.63, 3.8) is 0 Å². The SMILES string of the molecule is CO[C@H]1O[C@H](COC(=O)N[C@H]2O[C@H](OC)[C@H](OCc3ccccc3)[C@@H](OCc3ccccc3)[C@@H]2OCc2ccccc2)[C@@H](OCc2ccccc2)[C@H](OCc2ccccc2)[C@H]1OCc1ccccc1. The van der Waals surface area contributed by atoms with Gasteiger partial charge in [0.25, 0.3) is 0 Å².